The van der Waals surface area contributed by atoms with Gasteiger partial charge in [-0.15, -0.1) is 6.42 Å². The molecule has 0 fully saturated rings. The normalized spacial score (nSPS) is 10.5. The summed E-state index contributed by atoms with van der Waals surface area (Å²) in [6.45, 7) is 3.75. The smallest absolute Gasteiger partial charge is 0.335 e. The first-order chi connectivity index (χ1) is 6.94. The van der Waals surface area contributed by atoms with Crippen LogP contribution in [0, 0.1) is 12.3 Å². The first kappa shape index (κ1) is 11.1. The maximum atomic E-state index is 10.6. The highest BCUT2D eigenvalue weighted by Gasteiger charge is 2.12. The number of hydrogen-bond acceptors (Lipinski definition) is 2. The van der Waals surface area contributed by atoms with Crippen LogP contribution in [0.25, 0.3) is 0 Å². The van der Waals surface area contributed by atoms with E-state index in [1.54, 1.807) is 12.1 Å². The van der Waals surface area contributed by atoms with Gasteiger partial charge in [0.25, 0.3) is 0 Å². The predicted octanol–water partition coefficient (Wildman–Crippen LogP) is 2.21. The molecule has 0 aromatic heterocycles. The van der Waals surface area contributed by atoms with Gasteiger partial charge in [-0.3, -0.25) is 0 Å². The molecule has 15 heavy (non-hydrogen) atoms. The Labute approximate surface area is 89.1 Å². The molecule has 0 aliphatic heterocycles. The van der Waals surface area contributed by atoms with E-state index in [2.05, 4.69) is 11.2 Å². The van der Waals surface area contributed by atoms with Crippen molar-refractivity contribution < 1.29 is 9.90 Å². The molecule has 1 aromatic carbocycles. The fourth-order valence-electron chi connectivity index (χ4n) is 1.09. The van der Waals surface area contributed by atoms with Gasteiger partial charge in [0.05, 0.1) is 11.1 Å². The summed E-state index contributed by atoms with van der Waals surface area (Å²) in [5.41, 5.74) is 0.632. The number of carbonyl (C=O) groups is 1. The molecule has 0 unspecified atom stereocenters. The van der Waals surface area contributed by atoms with Crippen LogP contribution in [0.5, 0.6) is 0 Å². The number of nitrogens with one attached hydrogen (secondary N) is 1. The summed E-state index contributed by atoms with van der Waals surface area (Å²) >= 11 is 0. The maximum Gasteiger partial charge on any atom is 0.335 e. The molecule has 78 valence electrons. The number of anilines is 1. The lowest BCUT2D eigenvalue weighted by Crippen LogP contribution is -2.28. The predicted molar refractivity (Wildman–Crippen MR) is 59.9 cm³/mol. The van der Waals surface area contributed by atoms with Crippen molar-refractivity contribution in [2.24, 2.45) is 0 Å². The van der Waals surface area contributed by atoms with Crippen molar-refractivity contribution in [3.8, 4) is 12.3 Å². The van der Waals surface area contributed by atoms with Crippen LogP contribution in [0.3, 0.4) is 0 Å². The Morgan fingerprint density at radius 1 is 1.40 bits per heavy atom. The van der Waals surface area contributed by atoms with Crippen molar-refractivity contribution in [1.82, 2.24) is 0 Å². The van der Waals surface area contributed by atoms with Crippen molar-refractivity contribution in [2.75, 3.05) is 5.32 Å². The van der Waals surface area contributed by atoms with Gasteiger partial charge in [0.15, 0.2) is 0 Å². The average molecular weight is 203 g/mol. The Balaban J connectivity index is 2.83. The van der Waals surface area contributed by atoms with Crippen LogP contribution in [-0.2, 0) is 0 Å². The number of rotatable bonds is 3. The van der Waals surface area contributed by atoms with Crippen LogP contribution < -0.4 is 5.32 Å². The second-order valence-corrected chi connectivity index (χ2v) is 3.78. The molecule has 0 saturated carbocycles. The van der Waals surface area contributed by atoms with Gasteiger partial charge in [-0.05, 0) is 38.1 Å². The zero-order valence-corrected chi connectivity index (χ0v) is 8.74. The van der Waals surface area contributed by atoms with Crippen LogP contribution in [-0.4, -0.2) is 16.6 Å². The molecule has 1 rings (SSSR count). The second kappa shape index (κ2) is 4.05. The summed E-state index contributed by atoms with van der Waals surface area (Å²) in [7, 11) is 0. The lowest BCUT2D eigenvalue weighted by Gasteiger charge is -2.21. The van der Waals surface area contributed by atoms with E-state index in [-0.39, 0.29) is 5.56 Å². The van der Waals surface area contributed by atoms with Gasteiger partial charge in [0.1, 0.15) is 0 Å². The summed E-state index contributed by atoms with van der Waals surface area (Å²) in [5, 5.41) is 11.8. The van der Waals surface area contributed by atoms with Crippen molar-refractivity contribution in [1.29, 1.82) is 0 Å². The van der Waals surface area contributed by atoms with Crippen LogP contribution in [0.15, 0.2) is 24.3 Å². The van der Waals surface area contributed by atoms with Gasteiger partial charge < -0.3 is 10.4 Å². The molecule has 1 aromatic rings. The third-order valence-electron chi connectivity index (χ3n) is 1.95. The molecule has 0 heterocycles. The molecular weight excluding hydrogens is 190 g/mol. The number of hydrogen-bond donors (Lipinski definition) is 2. The standard InChI is InChI=1S/C12H13NO2/c1-4-12(2,3)13-10-7-5-9(6-8-10)11(14)15/h1,5-8,13H,2-3H3,(H,14,15). The highest BCUT2D eigenvalue weighted by atomic mass is 16.4. The van der Waals surface area contributed by atoms with Gasteiger partial charge in [0.2, 0.25) is 0 Å². The topological polar surface area (TPSA) is 49.3 Å². The highest BCUT2D eigenvalue weighted by Crippen LogP contribution is 2.15. The van der Waals surface area contributed by atoms with Crippen LogP contribution in [0.2, 0.25) is 0 Å². The SMILES string of the molecule is C#CC(C)(C)Nc1ccc(C(=O)O)cc1. The van der Waals surface area contributed by atoms with Gasteiger partial charge in [0, 0.05) is 5.69 Å². The molecule has 0 aliphatic rings. The Kier molecular flexibility index (Phi) is 3.01. The Morgan fingerprint density at radius 3 is 2.33 bits per heavy atom. The number of aromatic carboxylic acids is 1. The number of terminal acetylenes is 1. The van der Waals surface area contributed by atoms with E-state index in [1.165, 1.54) is 12.1 Å². The highest BCUT2D eigenvalue weighted by molar-refractivity contribution is 5.88. The fraction of sp³-hybridized carbons (Fsp3) is 0.250. The molecule has 0 radical (unpaired) electrons. The summed E-state index contributed by atoms with van der Waals surface area (Å²) in [4.78, 5) is 10.6. The third-order valence-corrected chi connectivity index (χ3v) is 1.95. The third kappa shape index (κ3) is 3.03. The molecular formula is C12H13NO2. The van der Waals surface area contributed by atoms with Crippen molar-refractivity contribution in [2.45, 2.75) is 19.4 Å². The van der Waals surface area contributed by atoms with Crippen molar-refractivity contribution in [3.05, 3.63) is 29.8 Å². The number of carboxylic acid groups (broad SMARTS) is 1. The van der Waals surface area contributed by atoms with E-state index < -0.39 is 11.5 Å². The minimum atomic E-state index is -0.933. The molecule has 3 heteroatoms. The van der Waals surface area contributed by atoms with E-state index >= 15 is 0 Å². The Hall–Kier alpha value is -1.95. The first-order valence-corrected chi connectivity index (χ1v) is 4.54. The summed E-state index contributed by atoms with van der Waals surface area (Å²) in [6, 6.07) is 6.47. The zero-order chi connectivity index (χ0) is 11.5. The molecule has 0 aliphatic carbocycles. The van der Waals surface area contributed by atoms with E-state index in [1.807, 2.05) is 13.8 Å². The molecule has 0 bridgehead atoms. The summed E-state index contributed by atoms with van der Waals surface area (Å²) in [5.74, 6) is 1.67. The fourth-order valence-corrected chi connectivity index (χ4v) is 1.09. The van der Waals surface area contributed by atoms with Crippen molar-refractivity contribution in [3.63, 3.8) is 0 Å². The molecule has 2 N–H and O–H groups in total. The van der Waals surface area contributed by atoms with E-state index in [0.29, 0.717) is 0 Å². The molecule has 3 nitrogen and oxygen atoms in total. The quantitative estimate of drug-likeness (QED) is 0.740. The number of benzene rings is 1. The van der Waals surface area contributed by atoms with Crippen LogP contribution >= 0.6 is 0 Å². The summed E-state index contributed by atoms with van der Waals surface area (Å²) in [6.07, 6.45) is 5.33. The minimum absolute atomic E-state index is 0.263. The molecule has 0 atom stereocenters. The van der Waals surface area contributed by atoms with E-state index in [4.69, 9.17) is 11.5 Å². The monoisotopic (exact) mass is 203 g/mol. The lowest BCUT2D eigenvalue weighted by molar-refractivity contribution is 0.0697. The first-order valence-electron chi connectivity index (χ1n) is 4.54. The average Bonchev–Trinajstić information content (AvgIpc) is 2.18. The maximum absolute atomic E-state index is 10.6. The molecule has 0 spiro atoms. The zero-order valence-electron chi connectivity index (χ0n) is 8.74. The van der Waals surface area contributed by atoms with Gasteiger partial charge in [-0.1, -0.05) is 5.92 Å². The lowest BCUT2D eigenvalue weighted by atomic mass is 10.1. The number of carboxylic acids is 1. The van der Waals surface area contributed by atoms with Gasteiger partial charge in [-0.25, -0.2) is 4.79 Å². The molecule has 0 amide bonds. The van der Waals surface area contributed by atoms with Gasteiger partial charge >= 0.3 is 5.97 Å². The molecule has 0 saturated heterocycles. The van der Waals surface area contributed by atoms with Crippen LogP contribution in [0.4, 0.5) is 5.69 Å². The Bertz CT molecular complexity index is 399. The van der Waals surface area contributed by atoms with Gasteiger partial charge in [-0.2, -0.15) is 0 Å². The van der Waals surface area contributed by atoms with E-state index in [0.717, 1.165) is 5.69 Å². The van der Waals surface area contributed by atoms with Crippen LogP contribution in [0.1, 0.15) is 24.2 Å². The Morgan fingerprint density at radius 2 is 1.93 bits per heavy atom. The second-order valence-electron chi connectivity index (χ2n) is 3.78. The largest absolute Gasteiger partial charge is 0.478 e. The van der Waals surface area contributed by atoms with E-state index in [9.17, 15) is 4.79 Å². The van der Waals surface area contributed by atoms with Crippen molar-refractivity contribution >= 4 is 11.7 Å². The minimum Gasteiger partial charge on any atom is -0.478 e. The summed E-state index contributed by atoms with van der Waals surface area (Å²) < 4.78 is 0.